The molecule has 2 unspecified atom stereocenters. The SMILES string of the molecule is C=CCC1NC(C(=O)O)Cc2c1[nH]c1ccccc21. The third kappa shape index (κ3) is 1.94. The molecule has 2 atom stereocenters. The van der Waals surface area contributed by atoms with Gasteiger partial charge in [-0.05, 0) is 18.1 Å². The van der Waals surface area contributed by atoms with Gasteiger partial charge in [0.2, 0.25) is 0 Å². The standard InChI is InChI=1S/C15H16N2O2/c1-2-5-12-14-10(8-13(16-12)15(18)19)9-6-3-4-7-11(9)17-14/h2-4,6-7,12-13,16-17H,1,5,8H2,(H,18,19). The molecule has 19 heavy (non-hydrogen) atoms. The predicted octanol–water partition coefficient (Wildman–Crippen LogP) is 2.38. The van der Waals surface area contributed by atoms with Crippen molar-refractivity contribution in [3.63, 3.8) is 0 Å². The molecule has 98 valence electrons. The highest BCUT2D eigenvalue weighted by molar-refractivity contribution is 5.86. The lowest BCUT2D eigenvalue weighted by Gasteiger charge is -2.28. The first-order chi connectivity index (χ1) is 9.20. The number of H-pyrrole nitrogens is 1. The Balaban J connectivity index is 2.13. The van der Waals surface area contributed by atoms with Gasteiger partial charge in [0.1, 0.15) is 6.04 Å². The fraction of sp³-hybridized carbons (Fsp3) is 0.267. The lowest BCUT2D eigenvalue weighted by atomic mass is 9.92. The van der Waals surface area contributed by atoms with E-state index in [2.05, 4.69) is 16.9 Å². The number of rotatable bonds is 3. The monoisotopic (exact) mass is 256 g/mol. The van der Waals surface area contributed by atoms with E-state index in [0.717, 1.165) is 22.2 Å². The maximum Gasteiger partial charge on any atom is 0.321 e. The largest absolute Gasteiger partial charge is 0.480 e. The Hall–Kier alpha value is -2.07. The van der Waals surface area contributed by atoms with Crippen molar-refractivity contribution in [1.82, 2.24) is 10.3 Å². The number of benzene rings is 1. The van der Waals surface area contributed by atoms with Crippen LogP contribution in [-0.4, -0.2) is 22.1 Å². The number of fused-ring (bicyclic) bond motifs is 3. The second kappa shape index (κ2) is 4.55. The molecule has 1 aromatic carbocycles. The molecular formula is C15H16N2O2. The van der Waals surface area contributed by atoms with Crippen LogP contribution >= 0.6 is 0 Å². The van der Waals surface area contributed by atoms with E-state index < -0.39 is 12.0 Å². The number of hydrogen-bond donors (Lipinski definition) is 3. The topological polar surface area (TPSA) is 65.1 Å². The first-order valence-corrected chi connectivity index (χ1v) is 6.40. The van der Waals surface area contributed by atoms with Crippen LogP contribution < -0.4 is 5.32 Å². The molecule has 0 amide bonds. The number of nitrogens with one attached hydrogen (secondary N) is 2. The van der Waals surface area contributed by atoms with E-state index in [4.69, 9.17) is 0 Å². The molecule has 1 aliphatic heterocycles. The molecule has 0 saturated heterocycles. The van der Waals surface area contributed by atoms with Gasteiger partial charge in [-0.15, -0.1) is 6.58 Å². The minimum absolute atomic E-state index is 0.00486. The lowest BCUT2D eigenvalue weighted by Crippen LogP contribution is -2.44. The summed E-state index contributed by atoms with van der Waals surface area (Å²) in [7, 11) is 0. The summed E-state index contributed by atoms with van der Waals surface area (Å²) in [5.41, 5.74) is 3.28. The fourth-order valence-corrected chi connectivity index (χ4v) is 2.84. The number of aliphatic carboxylic acids is 1. The molecule has 0 spiro atoms. The molecule has 0 saturated carbocycles. The average Bonchev–Trinajstić information content (AvgIpc) is 2.78. The summed E-state index contributed by atoms with van der Waals surface area (Å²) in [6, 6.07) is 7.49. The van der Waals surface area contributed by atoms with Crippen molar-refractivity contribution in [3.8, 4) is 0 Å². The van der Waals surface area contributed by atoms with E-state index in [-0.39, 0.29) is 6.04 Å². The minimum atomic E-state index is -0.801. The van der Waals surface area contributed by atoms with Gasteiger partial charge in [0.15, 0.2) is 0 Å². The molecule has 3 rings (SSSR count). The highest BCUT2D eigenvalue weighted by atomic mass is 16.4. The number of aromatic amines is 1. The molecule has 2 heterocycles. The van der Waals surface area contributed by atoms with Gasteiger partial charge in [0.05, 0.1) is 6.04 Å². The number of carbonyl (C=O) groups is 1. The van der Waals surface area contributed by atoms with E-state index in [9.17, 15) is 9.90 Å². The predicted molar refractivity (Wildman–Crippen MR) is 74.1 cm³/mol. The van der Waals surface area contributed by atoms with Crippen LogP contribution in [0.15, 0.2) is 36.9 Å². The quantitative estimate of drug-likeness (QED) is 0.739. The van der Waals surface area contributed by atoms with Crippen LogP contribution in [0.25, 0.3) is 10.9 Å². The van der Waals surface area contributed by atoms with Crippen LogP contribution in [0, 0.1) is 0 Å². The zero-order chi connectivity index (χ0) is 13.4. The normalized spacial score (nSPS) is 22.1. The molecule has 1 aliphatic rings. The summed E-state index contributed by atoms with van der Waals surface area (Å²) in [5.74, 6) is -0.801. The lowest BCUT2D eigenvalue weighted by molar-refractivity contribution is -0.139. The fourth-order valence-electron chi connectivity index (χ4n) is 2.84. The number of hydrogen-bond acceptors (Lipinski definition) is 2. The van der Waals surface area contributed by atoms with Gasteiger partial charge in [-0.2, -0.15) is 0 Å². The van der Waals surface area contributed by atoms with Gasteiger partial charge in [-0.25, -0.2) is 0 Å². The number of para-hydroxylation sites is 1. The maximum absolute atomic E-state index is 11.3. The van der Waals surface area contributed by atoms with Gasteiger partial charge >= 0.3 is 5.97 Å². The van der Waals surface area contributed by atoms with Crippen molar-refractivity contribution in [2.24, 2.45) is 0 Å². The van der Waals surface area contributed by atoms with Gasteiger partial charge in [-0.1, -0.05) is 24.3 Å². The second-order valence-electron chi connectivity index (χ2n) is 4.90. The summed E-state index contributed by atoms with van der Waals surface area (Å²) >= 11 is 0. The number of carboxylic acids is 1. The summed E-state index contributed by atoms with van der Waals surface area (Å²) < 4.78 is 0. The first kappa shape index (κ1) is 12.0. The van der Waals surface area contributed by atoms with Crippen molar-refractivity contribution in [2.75, 3.05) is 0 Å². The smallest absolute Gasteiger partial charge is 0.321 e. The maximum atomic E-state index is 11.3. The van der Waals surface area contributed by atoms with E-state index in [1.165, 1.54) is 0 Å². The summed E-state index contributed by atoms with van der Waals surface area (Å²) in [6.45, 7) is 3.75. The third-order valence-corrected chi connectivity index (χ3v) is 3.71. The molecule has 0 aliphatic carbocycles. The number of aromatic nitrogens is 1. The molecule has 0 bridgehead atoms. The molecule has 0 fully saturated rings. The molecule has 2 aromatic rings. The second-order valence-corrected chi connectivity index (χ2v) is 4.90. The highest BCUT2D eigenvalue weighted by Gasteiger charge is 2.32. The Morgan fingerprint density at radius 3 is 3.00 bits per heavy atom. The first-order valence-electron chi connectivity index (χ1n) is 6.40. The molecule has 4 nitrogen and oxygen atoms in total. The Morgan fingerprint density at radius 1 is 1.47 bits per heavy atom. The van der Waals surface area contributed by atoms with Crippen molar-refractivity contribution in [1.29, 1.82) is 0 Å². The summed E-state index contributed by atoms with van der Waals surface area (Å²) in [4.78, 5) is 14.7. The van der Waals surface area contributed by atoms with E-state index in [1.807, 2.05) is 30.3 Å². The van der Waals surface area contributed by atoms with Crippen molar-refractivity contribution >= 4 is 16.9 Å². The van der Waals surface area contributed by atoms with Gasteiger partial charge in [0, 0.05) is 23.0 Å². The van der Waals surface area contributed by atoms with Crippen LogP contribution in [0.5, 0.6) is 0 Å². The van der Waals surface area contributed by atoms with E-state index >= 15 is 0 Å². The minimum Gasteiger partial charge on any atom is -0.480 e. The molecule has 4 heteroatoms. The van der Waals surface area contributed by atoms with Crippen molar-refractivity contribution < 1.29 is 9.90 Å². The zero-order valence-electron chi connectivity index (χ0n) is 10.5. The summed E-state index contributed by atoms with van der Waals surface area (Å²) in [6.07, 6.45) is 3.04. The van der Waals surface area contributed by atoms with Crippen molar-refractivity contribution in [3.05, 3.63) is 48.2 Å². The van der Waals surface area contributed by atoms with Gasteiger partial charge in [0.25, 0.3) is 0 Å². The van der Waals surface area contributed by atoms with E-state index in [0.29, 0.717) is 12.8 Å². The van der Waals surface area contributed by atoms with E-state index in [1.54, 1.807) is 0 Å². The summed E-state index contributed by atoms with van der Waals surface area (Å²) in [5, 5.41) is 13.6. The Kier molecular flexibility index (Phi) is 2.87. The third-order valence-electron chi connectivity index (χ3n) is 3.71. The van der Waals surface area contributed by atoms with Gasteiger partial charge < -0.3 is 10.1 Å². The van der Waals surface area contributed by atoms with Gasteiger partial charge in [-0.3, -0.25) is 10.1 Å². The average molecular weight is 256 g/mol. The van der Waals surface area contributed by atoms with Crippen LogP contribution in [0.2, 0.25) is 0 Å². The Bertz CT molecular complexity index is 645. The number of carboxylic acid groups (broad SMARTS) is 1. The molecule has 0 radical (unpaired) electrons. The Morgan fingerprint density at radius 2 is 2.26 bits per heavy atom. The highest BCUT2D eigenvalue weighted by Crippen LogP contribution is 2.33. The molecule has 3 N–H and O–H groups in total. The van der Waals surface area contributed by atoms with Crippen LogP contribution in [0.3, 0.4) is 0 Å². The van der Waals surface area contributed by atoms with Crippen LogP contribution in [0.4, 0.5) is 0 Å². The van der Waals surface area contributed by atoms with Crippen molar-refractivity contribution in [2.45, 2.75) is 24.9 Å². The Labute approximate surface area is 111 Å². The molecule has 1 aromatic heterocycles. The van der Waals surface area contributed by atoms with Crippen LogP contribution in [0.1, 0.15) is 23.7 Å². The zero-order valence-corrected chi connectivity index (χ0v) is 10.5. The molecular weight excluding hydrogens is 240 g/mol. The van der Waals surface area contributed by atoms with Crippen LogP contribution in [-0.2, 0) is 11.2 Å².